The molecule has 0 fully saturated rings. The third kappa shape index (κ3) is 3.24. The molecule has 103 valence electrons. The molecular formula is C14H21N4O. The maximum atomic E-state index is 12.1. The lowest BCUT2D eigenvalue weighted by Crippen LogP contribution is -2.47. The molecule has 0 bridgehead atoms. The molecule has 0 spiro atoms. The highest BCUT2D eigenvalue weighted by atomic mass is 16.2. The molecule has 1 aliphatic heterocycles. The highest BCUT2D eigenvalue weighted by molar-refractivity contribution is 5.98. The Balaban J connectivity index is 2.09. The van der Waals surface area contributed by atoms with Crippen LogP contribution in [0.25, 0.3) is 0 Å². The Hall–Kier alpha value is -1.59. The van der Waals surface area contributed by atoms with Gasteiger partial charge in [-0.2, -0.15) is 0 Å². The van der Waals surface area contributed by atoms with E-state index in [0.29, 0.717) is 12.1 Å². The summed E-state index contributed by atoms with van der Waals surface area (Å²) in [6, 6.07) is 5.21. The van der Waals surface area contributed by atoms with E-state index in [2.05, 4.69) is 15.1 Å². The number of nitrogens with zero attached hydrogens (tertiary/aromatic N) is 2. The molecule has 0 aliphatic carbocycles. The van der Waals surface area contributed by atoms with Crippen LogP contribution in [0.4, 0.5) is 11.4 Å². The highest BCUT2D eigenvalue weighted by Crippen LogP contribution is 2.26. The fourth-order valence-electron chi connectivity index (χ4n) is 2.27. The van der Waals surface area contributed by atoms with Gasteiger partial charge in [0.1, 0.15) is 0 Å². The van der Waals surface area contributed by atoms with E-state index < -0.39 is 0 Å². The third-order valence-electron chi connectivity index (χ3n) is 3.51. The van der Waals surface area contributed by atoms with Gasteiger partial charge >= 0.3 is 0 Å². The quantitative estimate of drug-likeness (QED) is 0.878. The topological polar surface area (TPSA) is 59.4 Å². The van der Waals surface area contributed by atoms with E-state index in [1.54, 1.807) is 6.07 Å². The van der Waals surface area contributed by atoms with Gasteiger partial charge in [0.15, 0.2) is 0 Å². The maximum absolute atomic E-state index is 12.1. The van der Waals surface area contributed by atoms with Crippen molar-refractivity contribution in [1.29, 1.82) is 0 Å². The number of hydrogen-bond acceptors (Lipinski definition) is 3. The minimum Gasteiger partial charge on any atom is -0.324 e. The highest BCUT2D eigenvalue weighted by Gasteiger charge is 2.29. The average molecular weight is 261 g/mol. The summed E-state index contributed by atoms with van der Waals surface area (Å²) in [7, 11) is 6.02. The summed E-state index contributed by atoms with van der Waals surface area (Å²) in [5.41, 5.74) is 10.0. The zero-order valence-electron chi connectivity index (χ0n) is 11.7. The number of carbonyl (C=O) groups is 1. The molecule has 2 rings (SSSR count). The lowest BCUT2D eigenvalue weighted by molar-refractivity contribution is -0.121. The average Bonchev–Trinajstić information content (AvgIpc) is 2.35. The smallest absolute Gasteiger partial charge is 0.242 e. The van der Waals surface area contributed by atoms with Crippen LogP contribution in [-0.2, 0) is 11.2 Å². The van der Waals surface area contributed by atoms with Crippen molar-refractivity contribution in [1.82, 2.24) is 15.5 Å². The molecule has 1 aromatic carbocycles. The first-order valence-corrected chi connectivity index (χ1v) is 6.47. The number of carbonyl (C=O) groups excluding carboxylic acids is 1. The molecule has 1 heterocycles. The first kappa shape index (κ1) is 13.8. The van der Waals surface area contributed by atoms with Gasteiger partial charge < -0.3 is 16.0 Å². The number of hydrogen-bond donors (Lipinski definition) is 1. The van der Waals surface area contributed by atoms with Crippen LogP contribution in [0, 0.1) is 0 Å². The fourth-order valence-corrected chi connectivity index (χ4v) is 2.27. The molecule has 1 radical (unpaired) electrons. The van der Waals surface area contributed by atoms with Crippen molar-refractivity contribution in [2.45, 2.75) is 12.5 Å². The summed E-state index contributed by atoms with van der Waals surface area (Å²) >= 11 is 0. The van der Waals surface area contributed by atoms with Gasteiger partial charge in [0.2, 0.25) is 5.91 Å². The normalized spacial score (nSPS) is 18.6. The van der Waals surface area contributed by atoms with Gasteiger partial charge in [-0.1, -0.05) is 0 Å². The number of benzene rings is 1. The SMILES string of the molecule is CN(C)CCN(C)C1Cc2cc([NH])ccc2NC1=O. The molecule has 1 unspecified atom stereocenters. The van der Waals surface area contributed by atoms with E-state index in [9.17, 15) is 4.79 Å². The Morgan fingerprint density at radius 2 is 2.05 bits per heavy atom. The van der Waals surface area contributed by atoms with E-state index in [-0.39, 0.29) is 11.9 Å². The first-order chi connectivity index (χ1) is 8.97. The monoisotopic (exact) mass is 261 g/mol. The van der Waals surface area contributed by atoms with Crippen molar-refractivity contribution >= 4 is 17.3 Å². The van der Waals surface area contributed by atoms with E-state index in [1.807, 2.05) is 33.3 Å². The van der Waals surface area contributed by atoms with Gasteiger partial charge in [-0.3, -0.25) is 9.69 Å². The van der Waals surface area contributed by atoms with Crippen LogP contribution in [-0.4, -0.2) is 56.0 Å². The van der Waals surface area contributed by atoms with Gasteiger partial charge in [-0.15, -0.1) is 0 Å². The van der Waals surface area contributed by atoms with Gasteiger partial charge in [0.25, 0.3) is 0 Å². The Morgan fingerprint density at radius 3 is 2.74 bits per heavy atom. The van der Waals surface area contributed by atoms with Crippen LogP contribution in [0.1, 0.15) is 5.56 Å². The molecule has 0 saturated heterocycles. The molecule has 5 heteroatoms. The van der Waals surface area contributed by atoms with Crippen LogP contribution < -0.4 is 11.1 Å². The molecule has 0 saturated carbocycles. The van der Waals surface area contributed by atoms with E-state index in [1.165, 1.54) is 0 Å². The summed E-state index contributed by atoms with van der Waals surface area (Å²) in [5, 5.41) is 2.93. The van der Waals surface area contributed by atoms with Crippen LogP contribution in [0.2, 0.25) is 0 Å². The number of nitrogens with one attached hydrogen (secondary N) is 2. The summed E-state index contributed by atoms with van der Waals surface area (Å²) in [6.07, 6.45) is 0.678. The van der Waals surface area contributed by atoms with Crippen LogP contribution in [0.5, 0.6) is 0 Å². The lowest BCUT2D eigenvalue weighted by Gasteiger charge is -2.32. The first-order valence-electron chi connectivity index (χ1n) is 6.47. The summed E-state index contributed by atoms with van der Waals surface area (Å²) in [4.78, 5) is 16.3. The van der Waals surface area contributed by atoms with Crippen molar-refractivity contribution in [3.8, 4) is 0 Å². The Labute approximate surface area is 114 Å². The number of amides is 1. The van der Waals surface area contributed by atoms with Crippen molar-refractivity contribution < 1.29 is 4.79 Å². The molecule has 5 nitrogen and oxygen atoms in total. The number of fused-ring (bicyclic) bond motifs is 1. The van der Waals surface area contributed by atoms with E-state index in [4.69, 9.17) is 5.73 Å². The number of anilines is 1. The molecule has 1 aliphatic rings. The van der Waals surface area contributed by atoms with Crippen LogP contribution in [0.15, 0.2) is 18.2 Å². The molecule has 19 heavy (non-hydrogen) atoms. The van der Waals surface area contributed by atoms with Crippen molar-refractivity contribution in [3.63, 3.8) is 0 Å². The predicted molar refractivity (Wildman–Crippen MR) is 76.5 cm³/mol. The lowest BCUT2D eigenvalue weighted by atomic mass is 9.97. The van der Waals surface area contributed by atoms with Gasteiger partial charge in [-0.05, 0) is 51.3 Å². The molecular weight excluding hydrogens is 240 g/mol. The Morgan fingerprint density at radius 1 is 1.32 bits per heavy atom. The Bertz CT molecular complexity index is 473. The van der Waals surface area contributed by atoms with Gasteiger partial charge in [-0.25, -0.2) is 0 Å². The zero-order valence-corrected chi connectivity index (χ0v) is 11.7. The standard InChI is InChI=1S/C14H21N4O/c1-17(2)6-7-18(3)13-9-10-8-11(15)4-5-12(10)16-14(13)19/h4-5,8,13,15H,6-7,9H2,1-3H3,(H,16,19). The minimum absolute atomic E-state index is 0.0477. The largest absolute Gasteiger partial charge is 0.324 e. The molecule has 1 amide bonds. The van der Waals surface area contributed by atoms with Gasteiger partial charge in [0.05, 0.1) is 11.7 Å². The van der Waals surface area contributed by atoms with Crippen molar-refractivity contribution in [2.75, 3.05) is 39.5 Å². The van der Waals surface area contributed by atoms with Gasteiger partial charge in [0, 0.05) is 18.8 Å². The minimum atomic E-state index is -0.144. The molecule has 1 aromatic rings. The summed E-state index contributed by atoms with van der Waals surface area (Å²) < 4.78 is 0. The third-order valence-corrected chi connectivity index (χ3v) is 3.51. The maximum Gasteiger partial charge on any atom is 0.242 e. The van der Waals surface area contributed by atoms with E-state index >= 15 is 0 Å². The second-order valence-corrected chi connectivity index (χ2v) is 5.36. The van der Waals surface area contributed by atoms with E-state index in [0.717, 1.165) is 24.3 Å². The van der Waals surface area contributed by atoms with Crippen LogP contribution in [0.3, 0.4) is 0 Å². The second kappa shape index (κ2) is 5.59. The predicted octanol–water partition coefficient (Wildman–Crippen LogP) is 0.958. The zero-order chi connectivity index (χ0) is 14.0. The number of rotatable bonds is 4. The summed E-state index contributed by atoms with van der Waals surface area (Å²) in [5.74, 6) is 0.0477. The van der Waals surface area contributed by atoms with Crippen molar-refractivity contribution in [2.24, 2.45) is 0 Å². The molecule has 1 atom stereocenters. The fraction of sp³-hybridized carbons (Fsp3) is 0.500. The van der Waals surface area contributed by atoms with Crippen LogP contribution >= 0.6 is 0 Å². The molecule has 2 N–H and O–H groups in total. The van der Waals surface area contributed by atoms with Crippen molar-refractivity contribution in [3.05, 3.63) is 23.8 Å². The second-order valence-electron chi connectivity index (χ2n) is 5.36. The number of likely N-dealkylation sites (N-methyl/N-ethyl adjacent to an activating group) is 2. The summed E-state index contributed by atoms with van der Waals surface area (Å²) in [6.45, 7) is 1.77. The molecule has 0 aromatic heterocycles. The Kier molecular flexibility index (Phi) is 4.07.